The molecule has 0 amide bonds. The van der Waals surface area contributed by atoms with E-state index in [0.29, 0.717) is 13.2 Å². The Kier molecular flexibility index (Phi) is 5.48. The Labute approximate surface area is 114 Å². The standard InChI is InChI=1S/C15H23NO3/c1-18-14-3-2-4-15(9-14)19-11-13(17)10-16-8-7-12-5-6-12/h2-4,9,12-13,16-17H,5-8,10-11H2,1H3. The van der Waals surface area contributed by atoms with Crippen LogP contribution in [0.1, 0.15) is 19.3 Å². The molecular weight excluding hydrogens is 242 g/mol. The van der Waals surface area contributed by atoms with E-state index in [1.165, 1.54) is 19.3 Å². The number of ether oxygens (including phenoxy) is 2. The quantitative estimate of drug-likeness (QED) is 0.669. The highest BCUT2D eigenvalue weighted by Crippen LogP contribution is 2.31. The second-order valence-corrected chi connectivity index (χ2v) is 5.08. The van der Waals surface area contributed by atoms with Gasteiger partial charge >= 0.3 is 0 Å². The lowest BCUT2D eigenvalue weighted by Crippen LogP contribution is -2.32. The maximum Gasteiger partial charge on any atom is 0.123 e. The fourth-order valence-electron chi connectivity index (χ4n) is 1.92. The first kappa shape index (κ1) is 14.2. The van der Waals surface area contributed by atoms with Gasteiger partial charge in [0.1, 0.15) is 24.2 Å². The van der Waals surface area contributed by atoms with Gasteiger partial charge in [0, 0.05) is 12.6 Å². The van der Waals surface area contributed by atoms with Crippen LogP contribution in [-0.4, -0.2) is 38.0 Å². The van der Waals surface area contributed by atoms with E-state index >= 15 is 0 Å². The molecule has 1 aromatic carbocycles. The van der Waals surface area contributed by atoms with E-state index in [9.17, 15) is 5.11 Å². The van der Waals surface area contributed by atoms with Crippen LogP contribution in [0.4, 0.5) is 0 Å². The topological polar surface area (TPSA) is 50.7 Å². The van der Waals surface area contributed by atoms with Crippen LogP contribution in [0.3, 0.4) is 0 Å². The number of rotatable bonds is 9. The van der Waals surface area contributed by atoms with Crippen LogP contribution in [0.2, 0.25) is 0 Å². The van der Waals surface area contributed by atoms with Crippen molar-refractivity contribution in [3.05, 3.63) is 24.3 Å². The highest BCUT2D eigenvalue weighted by atomic mass is 16.5. The van der Waals surface area contributed by atoms with E-state index in [1.807, 2.05) is 24.3 Å². The Hall–Kier alpha value is -1.26. The van der Waals surface area contributed by atoms with Crippen LogP contribution in [-0.2, 0) is 0 Å². The van der Waals surface area contributed by atoms with E-state index in [-0.39, 0.29) is 0 Å². The van der Waals surface area contributed by atoms with Gasteiger partial charge in [0.25, 0.3) is 0 Å². The monoisotopic (exact) mass is 265 g/mol. The lowest BCUT2D eigenvalue weighted by molar-refractivity contribution is 0.106. The number of aliphatic hydroxyl groups excluding tert-OH is 1. The van der Waals surface area contributed by atoms with E-state index in [0.717, 1.165) is 24.0 Å². The van der Waals surface area contributed by atoms with Crippen LogP contribution in [0.5, 0.6) is 11.5 Å². The SMILES string of the molecule is COc1cccc(OCC(O)CNCCC2CC2)c1. The lowest BCUT2D eigenvalue weighted by atomic mass is 10.3. The van der Waals surface area contributed by atoms with Gasteiger partial charge in [0.05, 0.1) is 7.11 Å². The van der Waals surface area contributed by atoms with Gasteiger partial charge in [-0.15, -0.1) is 0 Å². The largest absolute Gasteiger partial charge is 0.497 e. The molecule has 4 heteroatoms. The summed E-state index contributed by atoms with van der Waals surface area (Å²) in [5, 5.41) is 13.1. The van der Waals surface area contributed by atoms with Crippen LogP contribution < -0.4 is 14.8 Å². The van der Waals surface area contributed by atoms with E-state index in [2.05, 4.69) is 5.32 Å². The lowest BCUT2D eigenvalue weighted by Gasteiger charge is -2.13. The molecule has 0 aliphatic heterocycles. The Balaban J connectivity index is 1.59. The average molecular weight is 265 g/mol. The summed E-state index contributed by atoms with van der Waals surface area (Å²) in [6, 6.07) is 7.40. The van der Waals surface area contributed by atoms with E-state index in [4.69, 9.17) is 9.47 Å². The molecule has 1 aromatic rings. The Bertz CT molecular complexity index is 379. The molecule has 0 saturated heterocycles. The second kappa shape index (κ2) is 7.36. The van der Waals surface area contributed by atoms with Gasteiger partial charge in [-0.2, -0.15) is 0 Å². The molecule has 0 heterocycles. The minimum Gasteiger partial charge on any atom is -0.497 e. The molecule has 2 N–H and O–H groups in total. The van der Waals surface area contributed by atoms with Crippen molar-refractivity contribution in [3.63, 3.8) is 0 Å². The Morgan fingerprint density at radius 3 is 2.89 bits per heavy atom. The molecule has 1 aliphatic rings. The summed E-state index contributed by atoms with van der Waals surface area (Å²) in [6.45, 7) is 1.86. The van der Waals surface area contributed by atoms with Crippen LogP contribution in [0.15, 0.2) is 24.3 Å². The summed E-state index contributed by atoms with van der Waals surface area (Å²) in [6.07, 6.45) is 3.50. The highest BCUT2D eigenvalue weighted by molar-refractivity contribution is 5.32. The Morgan fingerprint density at radius 2 is 2.16 bits per heavy atom. The van der Waals surface area contributed by atoms with Crippen molar-refractivity contribution in [3.8, 4) is 11.5 Å². The third-order valence-electron chi connectivity index (χ3n) is 3.29. The zero-order valence-corrected chi connectivity index (χ0v) is 11.5. The van der Waals surface area contributed by atoms with Gasteiger partial charge in [0.15, 0.2) is 0 Å². The molecular formula is C15H23NO3. The van der Waals surface area contributed by atoms with Crippen LogP contribution >= 0.6 is 0 Å². The predicted molar refractivity (Wildman–Crippen MR) is 74.7 cm³/mol. The molecule has 4 nitrogen and oxygen atoms in total. The third kappa shape index (κ3) is 5.49. The van der Waals surface area contributed by atoms with Crippen molar-refractivity contribution in [2.45, 2.75) is 25.4 Å². The number of benzene rings is 1. The Morgan fingerprint density at radius 1 is 1.37 bits per heavy atom. The van der Waals surface area contributed by atoms with Crippen molar-refractivity contribution < 1.29 is 14.6 Å². The van der Waals surface area contributed by atoms with Crippen molar-refractivity contribution in [1.82, 2.24) is 5.32 Å². The molecule has 1 fully saturated rings. The highest BCUT2D eigenvalue weighted by Gasteiger charge is 2.20. The van der Waals surface area contributed by atoms with E-state index in [1.54, 1.807) is 7.11 Å². The van der Waals surface area contributed by atoms with Crippen molar-refractivity contribution in [2.24, 2.45) is 5.92 Å². The first-order valence-electron chi connectivity index (χ1n) is 6.93. The minimum atomic E-state index is -0.481. The van der Waals surface area contributed by atoms with Gasteiger partial charge in [-0.1, -0.05) is 18.9 Å². The van der Waals surface area contributed by atoms with Gasteiger partial charge in [-0.05, 0) is 31.0 Å². The molecule has 2 rings (SSSR count). The molecule has 0 radical (unpaired) electrons. The van der Waals surface area contributed by atoms with Crippen molar-refractivity contribution >= 4 is 0 Å². The summed E-state index contributed by atoms with van der Waals surface area (Å²) in [4.78, 5) is 0. The summed E-state index contributed by atoms with van der Waals surface area (Å²) < 4.78 is 10.6. The molecule has 0 spiro atoms. The van der Waals surface area contributed by atoms with Crippen LogP contribution in [0.25, 0.3) is 0 Å². The maximum absolute atomic E-state index is 9.80. The summed E-state index contributed by atoms with van der Waals surface area (Å²) >= 11 is 0. The maximum atomic E-state index is 9.80. The summed E-state index contributed by atoms with van der Waals surface area (Å²) in [5.74, 6) is 2.41. The molecule has 0 aromatic heterocycles. The average Bonchev–Trinajstić information content (AvgIpc) is 3.26. The third-order valence-corrected chi connectivity index (χ3v) is 3.29. The van der Waals surface area contributed by atoms with E-state index < -0.39 is 6.10 Å². The smallest absolute Gasteiger partial charge is 0.123 e. The number of nitrogens with one attached hydrogen (secondary N) is 1. The first-order chi connectivity index (χ1) is 9.28. The zero-order valence-electron chi connectivity index (χ0n) is 11.5. The fraction of sp³-hybridized carbons (Fsp3) is 0.600. The number of hydrogen-bond acceptors (Lipinski definition) is 4. The minimum absolute atomic E-state index is 0.295. The van der Waals surface area contributed by atoms with Gasteiger partial charge in [-0.3, -0.25) is 0 Å². The molecule has 19 heavy (non-hydrogen) atoms. The summed E-state index contributed by atoms with van der Waals surface area (Å²) in [5.41, 5.74) is 0. The van der Waals surface area contributed by atoms with Crippen molar-refractivity contribution in [1.29, 1.82) is 0 Å². The number of hydrogen-bond donors (Lipinski definition) is 2. The summed E-state index contributed by atoms with van der Waals surface area (Å²) in [7, 11) is 1.62. The predicted octanol–water partition coefficient (Wildman–Crippen LogP) is 1.82. The number of methoxy groups -OCH3 is 1. The van der Waals surface area contributed by atoms with Crippen molar-refractivity contribution in [2.75, 3.05) is 26.8 Å². The number of aliphatic hydroxyl groups is 1. The normalized spacial score (nSPS) is 16.1. The molecule has 1 aliphatic carbocycles. The molecule has 1 unspecified atom stereocenters. The van der Waals surface area contributed by atoms with Gasteiger partial charge in [0.2, 0.25) is 0 Å². The zero-order chi connectivity index (χ0) is 13.5. The fourth-order valence-corrected chi connectivity index (χ4v) is 1.92. The first-order valence-corrected chi connectivity index (χ1v) is 6.93. The second-order valence-electron chi connectivity index (χ2n) is 5.08. The molecule has 1 saturated carbocycles. The molecule has 106 valence electrons. The van der Waals surface area contributed by atoms with Gasteiger partial charge in [-0.25, -0.2) is 0 Å². The molecule has 1 atom stereocenters. The van der Waals surface area contributed by atoms with Gasteiger partial charge < -0.3 is 19.9 Å². The molecule has 0 bridgehead atoms. The van der Waals surface area contributed by atoms with Crippen LogP contribution in [0, 0.1) is 5.92 Å².